The molecule has 0 radical (unpaired) electrons. The van der Waals surface area contributed by atoms with Gasteiger partial charge in [-0.3, -0.25) is 9.69 Å². The number of hydrogen-bond donors (Lipinski definition) is 2. The lowest BCUT2D eigenvalue weighted by Gasteiger charge is -2.24. The minimum Gasteiger partial charge on any atom is -0.484 e. The second-order valence-corrected chi connectivity index (χ2v) is 6.82. The Morgan fingerprint density at radius 1 is 0.935 bits per heavy atom. The van der Waals surface area contributed by atoms with E-state index in [-0.39, 0.29) is 31.6 Å². The fourth-order valence-electron chi connectivity index (χ4n) is 2.89. The lowest BCUT2D eigenvalue weighted by atomic mass is 10.2. The zero-order chi connectivity index (χ0) is 22.1. The van der Waals surface area contributed by atoms with Crippen LogP contribution in [0.1, 0.15) is 5.56 Å². The first-order valence-corrected chi connectivity index (χ1v) is 9.87. The molecule has 0 bridgehead atoms. The number of carbonyl (C=O) groups excluding carboxylic acids is 2. The molecule has 0 aliphatic carbocycles. The van der Waals surface area contributed by atoms with Crippen LogP contribution in [0, 0.1) is 12.7 Å². The van der Waals surface area contributed by atoms with Gasteiger partial charge in [0.05, 0.1) is 0 Å². The number of para-hydroxylation sites is 2. The van der Waals surface area contributed by atoms with Crippen molar-refractivity contribution in [2.75, 3.05) is 29.9 Å². The molecular formula is C24H24FN3O3. The normalized spacial score (nSPS) is 10.3. The molecule has 0 spiro atoms. The number of amides is 3. The van der Waals surface area contributed by atoms with Crippen LogP contribution in [0.15, 0.2) is 78.9 Å². The van der Waals surface area contributed by atoms with Gasteiger partial charge in [0, 0.05) is 24.5 Å². The van der Waals surface area contributed by atoms with Crippen LogP contribution in [0.25, 0.3) is 0 Å². The van der Waals surface area contributed by atoms with Gasteiger partial charge in [0.2, 0.25) is 0 Å². The molecule has 0 heterocycles. The lowest BCUT2D eigenvalue weighted by Crippen LogP contribution is -2.42. The summed E-state index contributed by atoms with van der Waals surface area (Å²) in [4.78, 5) is 26.4. The van der Waals surface area contributed by atoms with Gasteiger partial charge >= 0.3 is 6.03 Å². The van der Waals surface area contributed by atoms with Gasteiger partial charge in [0.25, 0.3) is 5.91 Å². The Hall–Kier alpha value is -3.87. The topological polar surface area (TPSA) is 70.7 Å². The Labute approximate surface area is 180 Å². The Kier molecular flexibility index (Phi) is 7.59. The molecule has 0 aliphatic heterocycles. The Balaban J connectivity index is 1.60. The van der Waals surface area contributed by atoms with E-state index in [4.69, 9.17) is 4.74 Å². The highest BCUT2D eigenvalue weighted by molar-refractivity contribution is 6.02. The highest BCUT2D eigenvalue weighted by Gasteiger charge is 2.17. The third-order valence-corrected chi connectivity index (χ3v) is 4.54. The van der Waals surface area contributed by atoms with E-state index in [0.717, 1.165) is 5.56 Å². The van der Waals surface area contributed by atoms with Gasteiger partial charge in [0.15, 0.2) is 6.61 Å². The molecule has 3 rings (SSSR count). The van der Waals surface area contributed by atoms with Crippen LogP contribution in [0.5, 0.6) is 5.75 Å². The number of anilines is 2. The number of nitrogens with zero attached hydrogens (tertiary/aromatic N) is 1. The summed E-state index contributed by atoms with van der Waals surface area (Å²) in [6, 6.07) is 21.7. The van der Waals surface area contributed by atoms with Gasteiger partial charge in [-0.05, 0) is 55.0 Å². The number of aryl methyl sites for hydroxylation is 1. The fourth-order valence-corrected chi connectivity index (χ4v) is 2.89. The molecule has 0 unspecified atom stereocenters. The quantitative estimate of drug-likeness (QED) is 0.568. The van der Waals surface area contributed by atoms with Crippen LogP contribution in [-0.2, 0) is 4.79 Å². The molecule has 2 N–H and O–H groups in total. The van der Waals surface area contributed by atoms with E-state index in [2.05, 4.69) is 10.6 Å². The molecule has 0 saturated heterocycles. The smallest absolute Gasteiger partial charge is 0.326 e. The van der Waals surface area contributed by atoms with Gasteiger partial charge in [-0.2, -0.15) is 0 Å². The molecule has 160 valence electrons. The summed E-state index contributed by atoms with van der Waals surface area (Å²) < 4.78 is 18.8. The zero-order valence-corrected chi connectivity index (χ0v) is 17.2. The maximum atomic E-state index is 13.3. The highest BCUT2D eigenvalue weighted by atomic mass is 19.1. The van der Waals surface area contributed by atoms with Crippen molar-refractivity contribution in [2.45, 2.75) is 6.92 Å². The molecule has 31 heavy (non-hydrogen) atoms. The second kappa shape index (κ2) is 10.8. The van der Waals surface area contributed by atoms with Gasteiger partial charge in [-0.15, -0.1) is 0 Å². The minimum atomic E-state index is -0.394. The third kappa shape index (κ3) is 6.57. The van der Waals surface area contributed by atoms with E-state index in [0.29, 0.717) is 17.1 Å². The van der Waals surface area contributed by atoms with Crippen LogP contribution in [-0.4, -0.2) is 31.6 Å². The zero-order valence-electron chi connectivity index (χ0n) is 17.2. The van der Waals surface area contributed by atoms with Crippen molar-refractivity contribution in [1.29, 1.82) is 0 Å². The Bertz CT molecular complexity index is 1010. The van der Waals surface area contributed by atoms with Crippen molar-refractivity contribution in [1.82, 2.24) is 5.32 Å². The standard InChI is InChI=1S/C24H24FN3O3/c1-18-7-5-6-10-22(18)27-24(30)28(20-13-11-19(25)12-14-20)16-15-26-23(29)17-31-21-8-3-2-4-9-21/h2-14H,15-17H2,1H3,(H,26,29)(H,27,30). The molecule has 0 aromatic heterocycles. The Morgan fingerprint density at radius 3 is 2.32 bits per heavy atom. The monoisotopic (exact) mass is 421 g/mol. The number of hydrogen-bond acceptors (Lipinski definition) is 3. The molecule has 3 aromatic rings. The summed E-state index contributed by atoms with van der Waals surface area (Å²) in [5, 5.41) is 5.60. The van der Waals surface area contributed by atoms with E-state index in [1.54, 1.807) is 18.2 Å². The maximum absolute atomic E-state index is 13.3. The number of ether oxygens (including phenoxy) is 1. The lowest BCUT2D eigenvalue weighted by molar-refractivity contribution is -0.123. The predicted octanol–water partition coefficient (Wildman–Crippen LogP) is 4.37. The van der Waals surface area contributed by atoms with Crippen molar-refractivity contribution in [3.63, 3.8) is 0 Å². The molecule has 0 fully saturated rings. The molecule has 0 atom stereocenters. The number of benzene rings is 3. The van der Waals surface area contributed by atoms with Crippen molar-refractivity contribution >= 4 is 23.3 Å². The molecule has 7 heteroatoms. The molecular weight excluding hydrogens is 397 g/mol. The summed E-state index contributed by atoms with van der Waals surface area (Å²) >= 11 is 0. The molecule has 3 aromatic carbocycles. The summed E-state index contributed by atoms with van der Waals surface area (Å²) in [5.74, 6) is -0.0974. The number of halogens is 1. The van der Waals surface area contributed by atoms with Crippen molar-refractivity contribution < 1.29 is 18.7 Å². The predicted molar refractivity (Wildman–Crippen MR) is 119 cm³/mol. The number of urea groups is 1. The number of nitrogens with one attached hydrogen (secondary N) is 2. The summed E-state index contributed by atoms with van der Waals surface area (Å²) in [5.41, 5.74) is 2.11. The first kappa shape index (κ1) is 21.8. The second-order valence-electron chi connectivity index (χ2n) is 6.82. The number of carbonyl (C=O) groups is 2. The highest BCUT2D eigenvalue weighted by Crippen LogP contribution is 2.18. The van der Waals surface area contributed by atoms with E-state index >= 15 is 0 Å². The first-order valence-electron chi connectivity index (χ1n) is 9.87. The van der Waals surface area contributed by atoms with E-state index < -0.39 is 5.82 Å². The van der Waals surface area contributed by atoms with Crippen LogP contribution in [0.4, 0.5) is 20.6 Å². The fraction of sp³-hybridized carbons (Fsp3) is 0.167. The third-order valence-electron chi connectivity index (χ3n) is 4.54. The van der Waals surface area contributed by atoms with E-state index in [9.17, 15) is 14.0 Å². The summed E-state index contributed by atoms with van der Waals surface area (Å²) in [6.07, 6.45) is 0. The first-order chi connectivity index (χ1) is 15.0. The van der Waals surface area contributed by atoms with E-state index in [1.807, 2.05) is 43.3 Å². The largest absolute Gasteiger partial charge is 0.484 e. The van der Waals surface area contributed by atoms with Gasteiger partial charge in [-0.25, -0.2) is 9.18 Å². The van der Waals surface area contributed by atoms with Crippen molar-refractivity contribution in [3.8, 4) is 5.75 Å². The average Bonchev–Trinajstić information content (AvgIpc) is 2.78. The molecule has 6 nitrogen and oxygen atoms in total. The van der Waals surface area contributed by atoms with Crippen LogP contribution >= 0.6 is 0 Å². The van der Waals surface area contributed by atoms with Gasteiger partial charge in [-0.1, -0.05) is 36.4 Å². The van der Waals surface area contributed by atoms with Crippen LogP contribution in [0.2, 0.25) is 0 Å². The van der Waals surface area contributed by atoms with E-state index in [1.165, 1.54) is 29.2 Å². The SMILES string of the molecule is Cc1ccccc1NC(=O)N(CCNC(=O)COc1ccccc1)c1ccc(F)cc1. The van der Waals surface area contributed by atoms with Crippen molar-refractivity contribution in [2.24, 2.45) is 0 Å². The van der Waals surface area contributed by atoms with Crippen LogP contribution in [0.3, 0.4) is 0 Å². The van der Waals surface area contributed by atoms with Crippen molar-refractivity contribution in [3.05, 3.63) is 90.2 Å². The molecule has 3 amide bonds. The van der Waals surface area contributed by atoms with Gasteiger partial charge in [0.1, 0.15) is 11.6 Å². The minimum absolute atomic E-state index is 0.129. The van der Waals surface area contributed by atoms with Crippen LogP contribution < -0.4 is 20.3 Å². The summed E-state index contributed by atoms with van der Waals surface area (Å²) in [7, 11) is 0. The Morgan fingerprint density at radius 2 is 1.61 bits per heavy atom. The number of rotatable bonds is 8. The average molecular weight is 421 g/mol. The molecule has 0 aliphatic rings. The maximum Gasteiger partial charge on any atom is 0.326 e. The summed E-state index contributed by atoms with van der Waals surface area (Å²) in [6.45, 7) is 2.16. The molecule has 0 saturated carbocycles. The van der Waals surface area contributed by atoms with Gasteiger partial charge < -0.3 is 15.4 Å².